The van der Waals surface area contributed by atoms with Crippen molar-refractivity contribution in [2.45, 2.75) is 30.2 Å². The SMILES string of the molecule is CSCC[C@@H](NC(=O)C1C=CC(CN(c2ccccc2)S(=O)(=O)c2cccc(Cl)c2Cl)=CC1c1ccccc1C)C(=O)O. The summed E-state index contributed by atoms with van der Waals surface area (Å²) in [6.45, 7) is 1.89. The first kappa shape index (κ1) is 32.7. The molecule has 3 atom stereocenters. The number of thioether (sulfide) groups is 1. The minimum atomic E-state index is -4.17. The van der Waals surface area contributed by atoms with E-state index >= 15 is 0 Å². The van der Waals surface area contributed by atoms with Crippen LogP contribution in [0.25, 0.3) is 0 Å². The highest BCUT2D eigenvalue weighted by Gasteiger charge is 2.34. The fourth-order valence-electron chi connectivity index (χ4n) is 4.97. The lowest BCUT2D eigenvalue weighted by atomic mass is 9.78. The topological polar surface area (TPSA) is 104 Å². The number of halogens is 2. The fourth-order valence-corrected chi connectivity index (χ4v) is 7.64. The molecule has 0 saturated heterocycles. The minimum absolute atomic E-state index is 0.0477. The number of carbonyl (C=O) groups is 2. The number of para-hydroxylation sites is 1. The van der Waals surface area contributed by atoms with E-state index in [-0.39, 0.29) is 21.5 Å². The number of hydrogen-bond acceptors (Lipinski definition) is 5. The summed E-state index contributed by atoms with van der Waals surface area (Å²) >= 11 is 14.1. The smallest absolute Gasteiger partial charge is 0.326 e. The number of benzene rings is 3. The Labute approximate surface area is 266 Å². The highest BCUT2D eigenvalue weighted by molar-refractivity contribution is 7.98. The van der Waals surface area contributed by atoms with E-state index in [2.05, 4.69) is 5.32 Å². The number of carbonyl (C=O) groups excluding carboxylic acids is 1. The Balaban J connectivity index is 1.74. The number of carboxylic acids is 1. The molecular formula is C32H32Cl2N2O5S2. The predicted octanol–water partition coefficient (Wildman–Crippen LogP) is 6.72. The van der Waals surface area contributed by atoms with Gasteiger partial charge in [-0.25, -0.2) is 13.2 Å². The number of aliphatic carboxylic acids is 1. The van der Waals surface area contributed by atoms with E-state index in [1.165, 1.54) is 34.3 Å². The summed E-state index contributed by atoms with van der Waals surface area (Å²) in [5.74, 6) is -2.08. The van der Waals surface area contributed by atoms with Crippen LogP contribution in [0.5, 0.6) is 0 Å². The molecule has 1 amide bonds. The zero-order valence-electron chi connectivity index (χ0n) is 23.6. The molecule has 4 rings (SSSR count). The maximum atomic E-state index is 14.0. The second kappa shape index (κ2) is 14.5. The second-order valence-electron chi connectivity index (χ2n) is 10.1. The number of amides is 1. The second-order valence-corrected chi connectivity index (χ2v) is 13.7. The van der Waals surface area contributed by atoms with Crippen LogP contribution < -0.4 is 9.62 Å². The lowest BCUT2D eigenvalue weighted by molar-refractivity contribution is -0.142. The number of aryl methyl sites for hydroxylation is 1. The van der Waals surface area contributed by atoms with Crippen molar-refractivity contribution < 1.29 is 23.1 Å². The number of allylic oxidation sites excluding steroid dienone is 1. The zero-order valence-corrected chi connectivity index (χ0v) is 26.8. The number of anilines is 1. The summed E-state index contributed by atoms with van der Waals surface area (Å²) in [5, 5.41) is 12.5. The summed E-state index contributed by atoms with van der Waals surface area (Å²) in [7, 11) is -4.17. The molecule has 0 aromatic heterocycles. The summed E-state index contributed by atoms with van der Waals surface area (Å²) in [6.07, 6.45) is 7.50. The van der Waals surface area contributed by atoms with Gasteiger partial charge in [0.1, 0.15) is 10.9 Å². The van der Waals surface area contributed by atoms with Gasteiger partial charge in [0, 0.05) is 5.92 Å². The maximum Gasteiger partial charge on any atom is 0.326 e. The van der Waals surface area contributed by atoms with Crippen LogP contribution in [-0.2, 0) is 19.6 Å². The summed E-state index contributed by atoms with van der Waals surface area (Å²) < 4.78 is 29.3. The van der Waals surface area contributed by atoms with Crippen LogP contribution >= 0.6 is 35.0 Å². The van der Waals surface area contributed by atoms with E-state index < -0.39 is 39.8 Å². The van der Waals surface area contributed by atoms with Crippen molar-refractivity contribution in [3.63, 3.8) is 0 Å². The molecule has 43 heavy (non-hydrogen) atoms. The molecule has 11 heteroatoms. The van der Waals surface area contributed by atoms with Gasteiger partial charge in [0.05, 0.1) is 28.2 Å². The molecule has 2 unspecified atom stereocenters. The van der Waals surface area contributed by atoms with Gasteiger partial charge < -0.3 is 10.4 Å². The van der Waals surface area contributed by atoms with Gasteiger partial charge in [0.2, 0.25) is 5.91 Å². The third kappa shape index (κ3) is 7.65. The first-order valence-electron chi connectivity index (χ1n) is 13.5. The highest BCUT2D eigenvalue weighted by Crippen LogP contribution is 2.37. The number of carboxylic acid groups (broad SMARTS) is 1. The fraction of sp³-hybridized carbons (Fsp3) is 0.250. The Morgan fingerprint density at radius 3 is 2.40 bits per heavy atom. The van der Waals surface area contributed by atoms with Gasteiger partial charge >= 0.3 is 5.97 Å². The van der Waals surface area contributed by atoms with Crippen LogP contribution in [0, 0.1) is 12.8 Å². The summed E-state index contributed by atoms with van der Waals surface area (Å²) in [5.41, 5.74) is 2.91. The van der Waals surface area contributed by atoms with Crippen molar-refractivity contribution >= 4 is 62.6 Å². The van der Waals surface area contributed by atoms with Crippen LogP contribution in [0.15, 0.2) is 101 Å². The standard InChI is InChI=1S/C32H32Cl2N2O5S2/c1-21-9-6-7-12-24(21)26-19-22(15-16-25(26)31(37)35-28(32(38)39)17-18-42-2)20-36(23-10-4-3-5-11-23)43(40,41)29-14-8-13-27(33)30(29)34/h3-16,19,25-26,28H,17-18,20H2,1-2H3,(H,35,37)(H,38,39)/t25?,26?,28-/m1/s1. The van der Waals surface area contributed by atoms with Crippen molar-refractivity contribution in [2.75, 3.05) is 22.9 Å². The average Bonchev–Trinajstić information content (AvgIpc) is 2.99. The average molecular weight is 660 g/mol. The predicted molar refractivity (Wildman–Crippen MR) is 175 cm³/mol. The Hall–Kier alpha value is -3.24. The van der Waals surface area contributed by atoms with Crippen molar-refractivity contribution in [1.29, 1.82) is 0 Å². The van der Waals surface area contributed by atoms with Crippen LogP contribution in [0.2, 0.25) is 10.0 Å². The normalized spacial score (nSPS) is 17.2. The van der Waals surface area contributed by atoms with Crippen molar-refractivity contribution in [1.82, 2.24) is 5.32 Å². The van der Waals surface area contributed by atoms with Gasteiger partial charge in [-0.1, -0.05) is 90.0 Å². The Morgan fingerprint density at radius 1 is 1.02 bits per heavy atom. The molecule has 7 nitrogen and oxygen atoms in total. The first-order valence-corrected chi connectivity index (χ1v) is 17.1. The number of sulfonamides is 1. The largest absolute Gasteiger partial charge is 0.480 e. The summed E-state index contributed by atoms with van der Waals surface area (Å²) in [4.78, 5) is 25.3. The molecule has 0 bridgehead atoms. The van der Waals surface area contributed by atoms with E-state index in [4.69, 9.17) is 23.2 Å². The van der Waals surface area contributed by atoms with Crippen molar-refractivity contribution in [2.24, 2.45) is 5.92 Å². The molecule has 0 saturated carbocycles. The minimum Gasteiger partial charge on any atom is -0.480 e. The van der Waals surface area contributed by atoms with Crippen molar-refractivity contribution in [3.8, 4) is 0 Å². The van der Waals surface area contributed by atoms with Gasteiger partial charge in [-0.05, 0) is 66.3 Å². The molecule has 3 aromatic rings. The van der Waals surface area contributed by atoms with E-state index in [0.29, 0.717) is 23.4 Å². The number of rotatable bonds is 12. The van der Waals surface area contributed by atoms with E-state index in [1.54, 1.807) is 42.5 Å². The van der Waals surface area contributed by atoms with Crippen LogP contribution in [-0.4, -0.2) is 50.0 Å². The molecule has 0 heterocycles. The van der Waals surface area contributed by atoms with Gasteiger partial charge in [0.25, 0.3) is 10.0 Å². The molecule has 3 aromatic carbocycles. The molecule has 226 valence electrons. The monoisotopic (exact) mass is 658 g/mol. The molecule has 1 aliphatic carbocycles. The van der Waals surface area contributed by atoms with Crippen LogP contribution in [0.1, 0.15) is 23.5 Å². The molecule has 2 N–H and O–H groups in total. The third-order valence-corrected chi connectivity index (χ3v) is 10.6. The lowest BCUT2D eigenvalue weighted by Gasteiger charge is -2.31. The number of nitrogens with one attached hydrogen (secondary N) is 1. The van der Waals surface area contributed by atoms with Crippen LogP contribution in [0.3, 0.4) is 0 Å². The Morgan fingerprint density at radius 2 is 1.72 bits per heavy atom. The Bertz CT molecular complexity index is 1640. The molecule has 0 radical (unpaired) electrons. The third-order valence-electron chi connectivity index (χ3n) is 7.23. The van der Waals surface area contributed by atoms with Crippen molar-refractivity contribution in [3.05, 3.63) is 118 Å². The molecular weight excluding hydrogens is 627 g/mol. The van der Waals surface area contributed by atoms with Gasteiger partial charge in [-0.15, -0.1) is 0 Å². The molecule has 0 aliphatic heterocycles. The molecule has 0 spiro atoms. The Kier molecular flexibility index (Phi) is 11.0. The highest BCUT2D eigenvalue weighted by atomic mass is 35.5. The van der Waals surface area contributed by atoms with Gasteiger partial charge in [-0.2, -0.15) is 11.8 Å². The van der Waals surface area contributed by atoms with E-state index in [9.17, 15) is 23.1 Å². The van der Waals surface area contributed by atoms with E-state index in [0.717, 1.165) is 11.1 Å². The number of nitrogens with zero attached hydrogens (tertiary/aromatic N) is 1. The first-order chi connectivity index (χ1) is 20.5. The summed E-state index contributed by atoms with van der Waals surface area (Å²) in [6, 6.07) is 19.8. The quantitative estimate of drug-likeness (QED) is 0.224. The molecule has 0 fully saturated rings. The van der Waals surface area contributed by atoms with Gasteiger partial charge in [0.15, 0.2) is 0 Å². The molecule has 1 aliphatic rings. The van der Waals surface area contributed by atoms with Gasteiger partial charge in [-0.3, -0.25) is 9.10 Å². The maximum absolute atomic E-state index is 14.0. The lowest BCUT2D eigenvalue weighted by Crippen LogP contribution is -2.45. The van der Waals surface area contributed by atoms with Crippen LogP contribution in [0.4, 0.5) is 5.69 Å². The zero-order chi connectivity index (χ0) is 31.1. The van der Waals surface area contributed by atoms with E-state index in [1.807, 2.05) is 43.5 Å². The number of hydrogen-bond donors (Lipinski definition) is 2.